The zero-order valence-corrected chi connectivity index (χ0v) is 47.9. The lowest BCUT2D eigenvalue weighted by molar-refractivity contribution is -0.301. The predicted molar refractivity (Wildman–Crippen MR) is 312 cm³/mol. The van der Waals surface area contributed by atoms with Gasteiger partial charge in [-0.1, -0.05) is 194 Å². The van der Waals surface area contributed by atoms with Crippen molar-refractivity contribution in [3.05, 3.63) is 109 Å². The van der Waals surface area contributed by atoms with E-state index >= 15 is 0 Å². The smallest absolute Gasteiger partial charge is 0.335 e. The molecule has 1 aliphatic rings. The lowest BCUT2D eigenvalue weighted by atomic mass is 9.98. The van der Waals surface area contributed by atoms with Crippen molar-refractivity contribution < 1.29 is 58.2 Å². The molecule has 1 saturated heterocycles. The summed E-state index contributed by atoms with van der Waals surface area (Å²) in [7, 11) is 0. The fraction of sp³-hybridized carbons (Fsp3) is 0.662. The van der Waals surface area contributed by atoms with Gasteiger partial charge in [0.2, 0.25) is 0 Å². The molecule has 0 aromatic rings. The molecule has 1 fully saturated rings. The van der Waals surface area contributed by atoms with E-state index in [1.54, 1.807) is 0 Å². The van der Waals surface area contributed by atoms with Crippen molar-refractivity contribution in [1.82, 2.24) is 0 Å². The van der Waals surface area contributed by atoms with Crippen LogP contribution in [-0.4, -0.2) is 89.2 Å². The topological polar surface area (TPSA) is 175 Å². The van der Waals surface area contributed by atoms with Crippen LogP contribution in [0.5, 0.6) is 0 Å². The second kappa shape index (κ2) is 52.1. The van der Waals surface area contributed by atoms with Gasteiger partial charge >= 0.3 is 23.9 Å². The van der Waals surface area contributed by atoms with Gasteiger partial charge in [-0.05, 0) is 122 Å². The number of carboxylic acids is 1. The molecule has 6 atom stereocenters. The van der Waals surface area contributed by atoms with Crippen molar-refractivity contribution in [2.45, 2.75) is 263 Å². The average Bonchev–Trinajstić information content (AvgIpc) is 3.43. The Morgan fingerprint density at radius 3 is 1.29 bits per heavy atom. The van der Waals surface area contributed by atoms with Gasteiger partial charge in [0.1, 0.15) is 18.8 Å². The van der Waals surface area contributed by atoms with Crippen LogP contribution in [0.3, 0.4) is 0 Å². The Kier molecular flexibility index (Phi) is 47.6. The first-order valence-electron chi connectivity index (χ1n) is 29.9. The molecule has 77 heavy (non-hydrogen) atoms. The van der Waals surface area contributed by atoms with Crippen LogP contribution in [0.15, 0.2) is 109 Å². The van der Waals surface area contributed by atoms with Gasteiger partial charge < -0.3 is 39.0 Å². The fourth-order valence-electron chi connectivity index (χ4n) is 8.28. The molecule has 0 amide bonds. The summed E-state index contributed by atoms with van der Waals surface area (Å²) >= 11 is 0. The van der Waals surface area contributed by atoms with E-state index in [2.05, 4.69) is 130 Å². The van der Waals surface area contributed by atoms with E-state index in [4.69, 9.17) is 23.7 Å². The average molecular weight is 1080 g/mol. The molecule has 0 radical (unpaired) electrons. The number of unbranched alkanes of at least 4 members (excludes halogenated alkanes) is 17. The maximum atomic E-state index is 13.1. The van der Waals surface area contributed by atoms with E-state index in [0.29, 0.717) is 25.7 Å². The molecule has 12 nitrogen and oxygen atoms in total. The monoisotopic (exact) mass is 1080 g/mol. The maximum absolute atomic E-state index is 13.1. The number of carbonyl (C=O) groups excluding carboxylic acids is 3. The van der Waals surface area contributed by atoms with Gasteiger partial charge in [0.25, 0.3) is 0 Å². The minimum absolute atomic E-state index is 0.00234. The van der Waals surface area contributed by atoms with Crippen molar-refractivity contribution in [2.75, 3.05) is 13.2 Å². The van der Waals surface area contributed by atoms with Crippen molar-refractivity contribution in [2.24, 2.45) is 0 Å². The lowest BCUT2D eigenvalue weighted by Gasteiger charge is -2.40. The van der Waals surface area contributed by atoms with Gasteiger partial charge in [-0.15, -0.1) is 0 Å². The molecule has 436 valence electrons. The summed E-state index contributed by atoms with van der Waals surface area (Å²) in [6.07, 6.45) is 57.8. The summed E-state index contributed by atoms with van der Waals surface area (Å²) in [5.74, 6) is -3.25. The number of hydrogen-bond acceptors (Lipinski definition) is 11. The second-order valence-corrected chi connectivity index (χ2v) is 19.9. The first-order chi connectivity index (χ1) is 37.6. The molecule has 3 N–H and O–H groups in total. The van der Waals surface area contributed by atoms with Gasteiger partial charge in [0, 0.05) is 19.3 Å². The normalized spacial score (nSPS) is 18.8. The van der Waals surface area contributed by atoms with Crippen LogP contribution in [-0.2, 0) is 42.9 Å². The Morgan fingerprint density at radius 1 is 0.442 bits per heavy atom. The van der Waals surface area contributed by atoms with Gasteiger partial charge in [0.15, 0.2) is 24.6 Å². The largest absolute Gasteiger partial charge is 0.479 e. The summed E-state index contributed by atoms with van der Waals surface area (Å²) in [4.78, 5) is 51.1. The molecule has 0 bridgehead atoms. The van der Waals surface area contributed by atoms with Crippen LogP contribution < -0.4 is 0 Å². The van der Waals surface area contributed by atoms with Gasteiger partial charge in [-0.25, -0.2) is 4.79 Å². The van der Waals surface area contributed by atoms with E-state index in [9.17, 15) is 34.5 Å². The van der Waals surface area contributed by atoms with Crippen LogP contribution in [0.25, 0.3) is 0 Å². The van der Waals surface area contributed by atoms with Gasteiger partial charge in [0.05, 0.1) is 6.61 Å². The Balaban J connectivity index is 2.75. The summed E-state index contributed by atoms with van der Waals surface area (Å²) in [5.41, 5.74) is 0. The SMILES string of the molecule is CC/C=C\C/C=C\C/C=C\C/C=C\CCCCC(=O)OC(COC(=O)CCCCCCCCC/C=C\CCCCCCCC)COC1OC(C(=O)O)C(O)C(O)C1OC(=O)CCCC/C=C\C/C=C\C/C=C\C/C=C\CC. The minimum Gasteiger partial charge on any atom is -0.479 e. The summed E-state index contributed by atoms with van der Waals surface area (Å²) < 4.78 is 28.3. The number of carbonyl (C=O) groups is 4. The molecule has 1 aliphatic heterocycles. The Labute approximate surface area is 465 Å². The number of hydrogen-bond donors (Lipinski definition) is 3. The highest BCUT2D eigenvalue weighted by Gasteiger charge is 2.50. The molecule has 0 aromatic carbocycles. The first-order valence-corrected chi connectivity index (χ1v) is 29.9. The van der Waals surface area contributed by atoms with E-state index in [1.807, 2.05) is 0 Å². The number of aliphatic carboxylic acids is 1. The van der Waals surface area contributed by atoms with Crippen LogP contribution in [0.1, 0.15) is 226 Å². The number of ether oxygens (including phenoxy) is 5. The van der Waals surface area contributed by atoms with Crippen LogP contribution in [0.2, 0.25) is 0 Å². The molecule has 0 saturated carbocycles. The number of rotatable bonds is 49. The molecule has 0 aliphatic carbocycles. The summed E-state index contributed by atoms with van der Waals surface area (Å²) in [5, 5.41) is 31.5. The van der Waals surface area contributed by atoms with Crippen LogP contribution in [0.4, 0.5) is 0 Å². The number of allylic oxidation sites excluding steroid dienone is 18. The molecule has 12 heteroatoms. The van der Waals surface area contributed by atoms with Crippen molar-refractivity contribution >= 4 is 23.9 Å². The predicted octanol–water partition coefficient (Wildman–Crippen LogP) is 15.4. The highest BCUT2D eigenvalue weighted by molar-refractivity contribution is 5.74. The molecule has 0 spiro atoms. The van der Waals surface area contributed by atoms with Crippen LogP contribution >= 0.6 is 0 Å². The first kappa shape index (κ1) is 70.4. The zero-order chi connectivity index (χ0) is 56.1. The second-order valence-electron chi connectivity index (χ2n) is 19.9. The Bertz CT molecular complexity index is 1750. The number of aliphatic hydroxyl groups excluding tert-OH is 2. The third kappa shape index (κ3) is 42.1. The lowest BCUT2D eigenvalue weighted by Crippen LogP contribution is -2.61. The maximum Gasteiger partial charge on any atom is 0.335 e. The number of carboxylic acid groups (broad SMARTS) is 1. The zero-order valence-electron chi connectivity index (χ0n) is 47.9. The molecule has 1 heterocycles. The highest BCUT2D eigenvalue weighted by Crippen LogP contribution is 2.26. The molecule has 6 unspecified atom stereocenters. The van der Waals surface area contributed by atoms with E-state index in [1.165, 1.54) is 57.8 Å². The van der Waals surface area contributed by atoms with Crippen molar-refractivity contribution in [3.8, 4) is 0 Å². The summed E-state index contributed by atoms with van der Waals surface area (Å²) in [6, 6.07) is 0. The molecular formula is C65H104O12. The number of esters is 3. The van der Waals surface area contributed by atoms with Crippen LogP contribution in [0, 0.1) is 0 Å². The summed E-state index contributed by atoms with van der Waals surface area (Å²) in [6.45, 7) is 5.70. The van der Waals surface area contributed by atoms with E-state index in [-0.39, 0.29) is 25.9 Å². The van der Waals surface area contributed by atoms with Crippen molar-refractivity contribution in [3.63, 3.8) is 0 Å². The quantitative estimate of drug-likeness (QED) is 0.0228. The Hall–Kier alpha value is -4.62. The molecular weight excluding hydrogens is 973 g/mol. The van der Waals surface area contributed by atoms with E-state index in [0.717, 1.165) is 103 Å². The van der Waals surface area contributed by atoms with Crippen molar-refractivity contribution in [1.29, 1.82) is 0 Å². The molecule has 0 aromatic heterocycles. The Morgan fingerprint density at radius 2 is 0.818 bits per heavy atom. The third-order valence-corrected chi connectivity index (χ3v) is 12.8. The third-order valence-electron chi connectivity index (χ3n) is 12.8. The number of aliphatic hydroxyl groups is 2. The standard InChI is InChI=1S/C65H104O12/c1-4-7-10-13-16-19-22-25-28-29-32-33-36-39-42-45-48-51-57(66)73-54-56(75-58(67)52-49-46-43-40-37-34-30-26-23-20-17-14-11-8-5-2)55-74-65-63(61(70)60(69)62(77-65)64(71)72)76-59(68)53-50-47-44-41-38-35-31-27-24-21-18-15-12-9-6-3/h8-9,11-12,17-18,20-21,25-28,30-31,37-38,40-41,56,60-63,65,69-70H,4-7,10,13-16,19,22-24,29,32-36,39,42-55H2,1-3H3,(H,71,72)/b11-8-,12-9-,20-17-,21-18-,28-25-,30-26-,31-27-,40-37-,41-38-. The van der Waals surface area contributed by atoms with Gasteiger partial charge in [-0.3, -0.25) is 14.4 Å². The van der Waals surface area contributed by atoms with E-state index < -0.39 is 67.3 Å². The minimum atomic E-state index is -1.93. The highest BCUT2D eigenvalue weighted by atomic mass is 16.7. The van der Waals surface area contributed by atoms with Gasteiger partial charge in [-0.2, -0.15) is 0 Å². The fourth-order valence-corrected chi connectivity index (χ4v) is 8.28. The molecule has 1 rings (SSSR count).